The van der Waals surface area contributed by atoms with E-state index in [2.05, 4.69) is 61.0 Å². The van der Waals surface area contributed by atoms with Crippen molar-refractivity contribution in [3.8, 4) is 5.69 Å². The summed E-state index contributed by atoms with van der Waals surface area (Å²) in [6, 6.07) is 11.0. The van der Waals surface area contributed by atoms with Gasteiger partial charge in [-0.3, -0.25) is 0 Å². The number of ether oxygens (including phenoxy) is 1. The Balaban J connectivity index is 2.08. The number of hydrogen-bond acceptors (Lipinski definition) is 2. The molecule has 0 saturated heterocycles. The van der Waals surface area contributed by atoms with Gasteiger partial charge in [-0.15, -0.1) is 0 Å². The van der Waals surface area contributed by atoms with Gasteiger partial charge in [0.25, 0.3) is 0 Å². The molecule has 3 heteroatoms. The van der Waals surface area contributed by atoms with Crippen molar-refractivity contribution < 1.29 is 4.74 Å². The van der Waals surface area contributed by atoms with Gasteiger partial charge in [0.1, 0.15) is 0 Å². The monoisotopic (exact) mass is 286 g/mol. The summed E-state index contributed by atoms with van der Waals surface area (Å²) in [5, 5.41) is 3.49. The van der Waals surface area contributed by atoms with E-state index in [4.69, 9.17) is 4.74 Å². The van der Waals surface area contributed by atoms with E-state index in [0.29, 0.717) is 0 Å². The second kappa shape index (κ2) is 7.43. The van der Waals surface area contributed by atoms with Gasteiger partial charge in [-0.2, -0.15) is 0 Å². The van der Waals surface area contributed by atoms with Crippen LogP contribution in [0.3, 0.4) is 0 Å². The van der Waals surface area contributed by atoms with E-state index < -0.39 is 0 Å². The Hall–Kier alpha value is -1.58. The third-order valence-electron chi connectivity index (χ3n) is 3.85. The first-order chi connectivity index (χ1) is 10.1. The standard InChI is InChI=1S/C18H26N2O/c1-14-6-8-18(9-7-14)20-15(2)12-17(16(20)3)13-19-10-5-11-21-4/h6-9,12,19H,5,10-11,13H2,1-4H3. The number of aromatic nitrogens is 1. The summed E-state index contributed by atoms with van der Waals surface area (Å²) in [6.07, 6.45) is 1.05. The minimum absolute atomic E-state index is 0.815. The summed E-state index contributed by atoms with van der Waals surface area (Å²) >= 11 is 0. The van der Waals surface area contributed by atoms with E-state index in [1.54, 1.807) is 7.11 Å². The summed E-state index contributed by atoms with van der Waals surface area (Å²) in [6.45, 7) is 9.20. The van der Waals surface area contributed by atoms with Gasteiger partial charge < -0.3 is 14.6 Å². The molecule has 0 bridgehead atoms. The minimum Gasteiger partial charge on any atom is -0.385 e. The van der Waals surface area contributed by atoms with Crippen molar-refractivity contribution in [2.75, 3.05) is 20.3 Å². The van der Waals surface area contributed by atoms with E-state index >= 15 is 0 Å². The average molecular weight is 286 g/mol. The molecular weight excluding hydrogens is 260 g/mol. The smallest absolute Gasteiger partial charge is 0.0474 e. The van der Waals surface area contributed by atoms with Crippen molar-refractivity contribution in [1.82, 2.24) is 9.88 Å². The Kier molecular flexibility index (Phi) is 5.59. The Bertz CT molecular complexity index is 570. The zero-order valence-corrected chi connectivity index (χ0v) is 13.6. The van der Waals surface area contributed by atoms with Crippen LogP contribution in [0.4, 0.5) is 0 Å². The van der Waals surface area contributed by atoms with Crippen molar-refractivity contribution in [3.05, 3.63) is 52.8 Å². The molecule has 1 aromatic heterocycles. The van der Waals surface area contributed by atoms with Crippen molar-refractivity contribution >= 4 is 0 Å². The second-order valence-corrected chi connectivity index (χ2v) is 5.59. The fourth-order valence-corrected chi connectivity index (χ4v) is 2.66. The van der Waals surface area contributed by atoms with E-state index in [0.717, 1.165) is 26.1 Å². The van der Waals surface area contributed by atoms with Crippen LogP contribution in [0, 0.1) is 20.8 Å². The van der Waals surface area contributed by atoms with Crippen LogP contribution < -0.4 is 5.32 Å². The lowest BCUT2D eigenvalue weighted by molar-refractivity contribution is 0.194. The highest BCUT2D eigenvalue weighted by atomic mass is 16.5. The summed E-state index contributed by atoms with van der Waals surface area (Å²) in [5.41, 5.74) is 6.49. The van der Waals surface area contributed by atoms with Crippen molar-refractivity contribution in [2.24, 2.45) is 0 Å². The second-order valence-electron chi connectivity index (χ2n) is 5.59. The lowest BCUT2D eigenvalue weighted by atomic mass is 10.2. The van der Waals surface area contributed by atoms with Crippen LogP contribution in [0.5, 0.6) is 0 Å². The molecule has 1 heterocycles. The molecule has 1 N–H and O–H groups in total. The molecule has 0 unspecified atom stereocenters. The first-order valence-corrected chi connectivity index (χ1v) is 7.58. The van der Waals surface area contributed by atoms with Gasteiger partial charge in [0, 0.05) is 37.3 Å². The number of benzene rings is 1. The van der Waals surface area contributed by atoms with Gasteiger partial charge in [-0.1, -0.05) is 17.7 Å². The lowest BCUT2D eigenvalue weighted by Gasteiger charge is -2.11. The van der Waals surface area contributed by atoms with Crippen LogP contribution in [0.25, 0.3) is 5.69 Å². The largest absolute Gasteiger partial charge is 0.385 e. The molecule has 21 heavy (non-hydrogen) atoms. The Morgan fingerprint density at radius 3 is 2.48 bits per heavy atom. The van der Waals surface area contributed by atoms with E-state index in [1.165, 1.54) is 28.2 Å². The molecule has 0 atom stereocenters. The number of nitrogens with zero attached hydrogens (tertiary/aromatic N) is 1. The zero-order chi connectivity index (χ0) is 15.2. The molecule has 114 valence electrons. The predicted molar refractivity (Wildman–Crippen MR) is 88.2 cm³/mol. The zero-order valence-electron chi connectivity index (χ0n) is 13.6. The molecule has 2 rings (SSSR count). The first-order valence-electron chi connectivity index (χ1n) is 7.58. The fourth-order valence-electron chi connectivity index (χ4n) is 2.66. The first kappa shape index (κ1) is 15.8. The van der Waals surface area contributed by atoms with Crippen LogP contribution in [0.2, 0.25) is 0 Å². The van der Waals surface area contributed by atoms with E-state index in [-0.39, 0.29) is 0 Å². The normalized spacial score (nSPS) is 11.0. The molecule has 0 fully saturated rings. The quantitative estimate of drug-likeness (QED) is 0.788. The molecule has 0 aliphatic rings. The fraction of sp³-hybridized carbons (Fsp3) is 0.444. The Labute approximate surface area is 127 Å². The number of methoxy groups -OCH3 is 1. The molecular formula is C18H26N2O. The van der Waals surface area contributed by atoms with Crippen LogP contribution in [0.1, 0.15) is 28.9 Å². The van der Waals surface area contributed by atoms with Gasteiger partial charge in [0.2, 0.25) is 0 Å². The average Bonchev–Trinajstić information content (AvgIpc) is 2.75. The van der Waals surface area contributed by atoms with Gasteiger partial charge >= 0.3 is 0 Å². The van der Waals surface area contributed by atoms with Crippen molar-refractivity contribution in [3.63, 3.8) is 0 Å². The van der Waals surface area contributed by atoms with Crippen LogP contribution in [-0.2, 0) is 11.3 Å². The molecule has 0 saturated carbocycles. The summed E-state index contributed by atoms with van der Waals surface area (Å²) < 4.78 is 7.39. The third-order valence-corrected chi connectivity index (χ3v) is 3.85. The lowest BCUT2D eigenvalue weighted by Crippen LogP contribution is -2.16. The molecule has 3 nitrogen and oxygen atoms in total. The highest BCUT2D eigenvalue weighted by Crippen LogP contribution is 2.21. The number of nitrogens with one attached hydrogen (secondary N) is 1. The van der Waals surface area contributed by atoms with Crippen LogP contribution in [-0.4, -0.2) is 24.8 Å². The van der Waals surface area contributed by atoms with Crippen molar-refractivity contribution in [1.29, 1.82) is 0 Å². The van der Waals surface area contributed by atoms with Crippen molar-refractivity contribution in [2.45, 2.75) is 33.7 Å². The van der Waals surface area contributed by atoms with E-state index in [9.17, 15) is 0 Å². The molecule has 0 aliphatic carbocycles. The molecule has 0 radical (unpaired) electrons. The third kappa shape index (κ3) is 3.96. The molecule has 0 amide bonds. The van der Waals surface area contributed by atoms with Gasteiger partial charge in [0.05, 0.1) is 0 Å². The van der Waals surface area contributed by atoms with Gasteiger partial charge in [0.15, 0.2) is 0 Å². The predicted octanol–water partition coefficient (Wildman–Crippen LogP) is 3.53. The van der Waals surface area contributed by atoms with Gasteiger partial charge in [-0.25, -0.2) is 0 Å². The van der Waals surface area contributed by atoms with Gasteiger partial charge in [-0.05, 0) is 57.5 Å². The molecule has 2 aromatic rings. The highest BCUT2D eigenvalue weighted by Gasteiger charge is 2.10. The summed E-state index contributed by atoms with van der Waals surface area (Å²) in [4.78, 5) is 0. The van der Waals surface area contributed by atoms with Crippen LogP contribution >= 0.6 is 0 Å². The maximum atomic E-state index is 5.06. The summed E-state index contributed by atoms with van der Waals surface area (Å²) in [5.74, 6) is 0. The van der Waals surface area contributed by atoms with Crippen LogP contribution in [0.15, 0.2) is 30.3 Å². The molecule has 0 spiro atoms. The number of hydrogen-bond donors (Lipinski definition) is 1. The number of aryl methyl sites for hydroxylation is 2. The SMILES string of the molecule is COCCCNCc1cc(C)n(-c2ccc(C)cc2)c1C. The topological polar surface area (TPSA) is 26.2 Å². The molecule has 0 aliphatic heterocycles. The maximum absolute atomic E-state index is 5.06. The van der Waals surface area contributed by atoms with E-state index in [1.807, 2.05) is 0 Å². The Morgan fingerprint density at radius 2 is 1.81 bits per heavy atom. The summed E-state index contributed by atoms with van der Waals surface area (Å²) in [7, 11) is 1.75. The highest BCUT2D eigenvalue weighted by molar-refractivity contribution is 5.42. The minimum atomic E-state index is 0.815. The molecule has 1 aromatic carbocycles. The maximum Gasteiger partial charge on any atom is 0.0474 e. The Morgan fingerprint density at radius 1 is 1.10 bits per heavy atom. The number of rotatable bonds is 7.